The highest BCUT2D eigenvalue weighted by molar-refractivity contribution is 5.43. The molecule has 1 heterocycles. The fourth-order valence-electron chi connectivity index (χ4n) is 3.39. The van der Waals surface area contributed by atoms with Gasteiger partial charge < -0.3 is 29.9 Å². The Bertz CT molecular complexity index is 745. The Labute approximate surface area is 145 Å². The first-order valence-electron chi connectivity index (χ1n) is 8.13. The highest BCUT2D eigenvalue weighted by Gasteiger charge is 2.38. The average molecular weight is 346 g/mol. The molecule has 0 radical (unpaired) electrons. The summed E-state index contributed by atoms with van der Waals surface area (Å²) in [6.45, 7) is 0.424. The minimum absolute atomic E-state index is 0.0494. The molecule has 25 heavy (non-hydrogen) atoms. The Balaban J connectivity index is 1.78. The number of rotatable bonds is 5. The van der Waals surface area contributed by atoms with Crippen LogP contribution in [-0.4, -0.2) is 40.7 Å². The lowest BCUT2D eigenvalue weighted by Gasteiger charge is -2.21. The van der Waals surface area contributed by atoms with E-state index in [1.54, 1.807) is 18.2 Å². The van der Waals surface area contributed by atoms with E-state index in [0.717, 1.165) is 11.1 Å². The van der Waals surface area contributed by atoms with Gasteiger partial charge in [0.05, 0.1) is 19.8 Å². The van der Waals surface area contributed by atoms with Gasteiger partial charge in [0.2, 0.25) is 0 Å². The van der Waals surface area contributed by atoms with E-state index in [4.69, 9.17) is 9.47 Å². The number of benzene rings is 2. The summed E-state index contributed by atoms with van der Waals surface area (Å²) in [7, 11) is 1.50. The van der Waals surface area contributed by atoms with Crippen molar-refractivity contribution in [1.29, 1.82) is 0 Å². The minimum Gasteiger partial charge on any atom is -0.504 e. The van der Waals surface area contributed by atoms with Crippen LogP contribution in [0.1, 0.15) is 17.2 Å². The number of phenolic OH excluding ortho intramolecular Hbond substituents is 3. The van der Waals surface area contributed by atoms with Crippen LogP contribution in [0.5, 0.6) is 23.0 Å². The van der Waals surface area contributed by atoms with E-state index in [1.807, 2.05) is 6.07 Å². The normalized spacial score (nSPS) is 22.9. The molecule has 1 fully saturated rings. The number of aromatic hydroxyl groups is 3. The molecule has 0 unspecified atom stereocenters. The fraction of sp³-hybridized carbons (Fsp3) is 0.368. The first-order chi connectivity index (χ1) is 12.0. The van der Waals surface area contributed by atoms with Gasteiger partial charge in [-0.2, -0.15) is 0 Å². The van der Waals surface area contributed by atoms with Crippen molar-refractivity contribution in [1.82, 2.24) is 0 Å². The molecular weight excluding hydrogens is 324 g/mol. The third kappa shape index (κ3) is 3.50. The Morgan fingerprint density at radius 1 is 1.04 bits per heavy atom. The Kier molecular flexibility index (Phi) is 5.01. The largest absolute Gasteiger partial charge is 0.504 e. The van der Waals surface area contributed by atoms with Crippen LogP contribution in [0.25, 0.3) is 0 Å². The number of phenols is 3. The van der Waals surface area contributed by atoms with Crippen molar-refractivity contribution >= 4 is 0 Å². The molecule has 1 saturated heterocycles. The van der Waals surface area contributed by atoms with E-state index in [9.17, 15) is 20.4 Å². The predicted octanol–water partition coefficient (Wildman–Crippen LogP) is 2.35. The van der Waals surface area contributed by atoms with Crippen molar-refractivity contribution in [2.75, 3.05) is 20.3 Å². The van der Waals surface area contributed by atoms with Crippen LogP contribution in [0.2, 0.25) is 0 Å². The number of ether oxygens (including phenoxy) is 2. The van der Waals surface area contributed by atoms with Gasteiger partial charge in [-0.05, 0) is 47.7 Å². The summed E-state index contributed by atoms with van der Waals surface area (Å²) in [6, 6.07) is 9.77. The molecule has 0 bridgehead atoms. The Morgan fingerprint density at radius 2 is 1.80 bits per heavy atom. The van der Waals surface area contributed by atoms with Crippen LogP contribution in [-0.2, 0) is 11.2 Å². The van der Waals surface area contributed by atoms with Crippen LogP contribution in [0.15, 0.2) is 36.4 Å². The van der Waals surface area contributed by atoms with Gasteiger partial charge in [0, 0.05) is 12.5 Å². The predicted molar refractivity (Wildman–Crippen MR) is 90.9 cm³/mol. The summed E-state index contributed by atoms with van der Waals surface area (Å²) in [4.78, 5) is 0. The molecule has 0 saturated carbocycles. The van der Waals surface area contributed by atoms with Crippen molar-refractivity contribution in [3.05, 3.63) is 47.5 Å². The second kappa shape index (κ2) is 7.21. The molecule has 4 N–H and O–H groups in total. The van der Waals surface area contributed by atoms with Crippen molar-refractivity contribution in [3.8, 4) is 23.0 Å². The summed E-state index contributed by atoms with van der Waals surface area (Å²) >= 11 is 0. The molecule has 3 atom stereocenters. The van der Waals surface area contributed by atoms with Crippen molar-refractivity contribution in [2.45, 2.75) is 12.5 Å². The average Bonchev–Trinajstić information content (AvgIpc) is 3.01. The quantitative estimate of drug-likeness (QED) is 0.620. The first-order valence-corrected chi connectivity index (χ1v) is 8.13. The maximum atomic E-state index is 9.86. The zero-order valence-electron chi connectivity index (χ0n) is 13.9. The number of hydrogen-bond donors (Lipinski definition) is 4. The van der Waals surface area contributed by atoms with E-state index >= 15 is 0 Å². The minimum atomic E-state index is -0.347. The number of aliphatic hydroxyl groups excluding tert-OH is 1. The molecule has 0 amide bonds. The third-order valence-corrected chi connectivity index (χ3v) is 4.77. The lowest BCUT2D eigenvalue weighted by atomic mass is 9.84. The summed E-state index contributed by atoms with van der Waals surface area (Å²) in [5, 5.41) is 38.7. The van der Waals surface area contributed by atoms with E-state index in [-0.39, 0.29) is 41.8 Å². The van der Waals surface area contributed by atoms with Gasteiger partial charge in [-0.15, -0.1) is 0 Å². The summed E-state index contributed by atoms with van der Waals surface area (Å²) < 4.78 is 11.0. The number of aliphatic hydroxyl groups is 1. The van der Waals surface area contributed by atoms with Gasteiger partial charge in [0.1, 0.15) is 0 Å². The van der Waals surface area contributed by atoms with Gasteiger partial charge >= 0.3 is 0 Å². The van der Waals surface area contributed by atoms with Crippen LogP contribution in [0.3, 0.4) is 0 Å². The van der Waals surface area contributed by atoms with Gasteiger partial charge in [-0.1, -0.05) is 12.1 Å². The zero-order valence-corrected chi connectivity index (χ0v) is 13.9. The second-order valence-corrected chi connectivity index (χ2v) is 6.32. The highest BCUT2D eigenvalue weighted by atomic mass is 16.5. The topological polar surface area (TPSA) is 99.4 Å². The Morgan fingerprint density at radius 3 is 2.48 bits per heavy atom. The molecule has 6 nitrogen and oxygen atoms in total. The van der Waals surface area contributed by atoms with E-state index in [1.165, 1.54) is 19.2 Å². The van der Waals surface area contributed by atoms with E-state index in [2.05, 4.69) is 0 Å². The lowest BCUT2D eigenvalue weighted by Crippen LogP contribution is -2.21. The van der Waals surface area contributed by atoms with Gasteiger partial charge in [-0.25, -0.2) is 0 Å². The molecule has 0 aliphatic carbocycles. The summed E-state index contributed by atoms with van der Waals surface area (Å²) in [5.41, 5.74) is 1.70. The Hall–Kier alpha value is -2.44. The summed E-state index contributed by atoms with van der Waals surface area (Å²) in [5.74, 6) is 0.0607. The second-order valence-electron chi connectivity index (χ2n) is 6.32. The van der Waals surface area contributed by atoms with Crippen molar-refractivity contribution < 1.29 is 29.9 Å². The lowest BCUT2D eigenvalue weighted by molar-refractivity contribution is 0.0717. The maximum absolute atomic E-state index is 9.86. The molecule has 1 aliphatic heterocycles. The monoisotopic (exact) mass is 346 g/mol. The van der Waals surface area contributed by atoms with Crippen LogP contribution < -0.4 is 4.74 Å². The van der Waals surface area contributed by atoms with E-state index in [0.29, 0.717) is 18.8 Å². The molecule has 1 aliphatic rings. The molecule has 2 aromatic carbocycles. The standard InChI is InChI=1S/C19H22O6/c1-24-18-7-11(2-4-16(18)22)6-13-10-25-19(14(13)9-20)12-3-5-15(21)17(23)8-12/h2-5,7-8,13-14,19-23H,6,9-10H2,1H3/t13-,14+,19+/m1/s1. The molecule has 0 aromatic heterocycles. The van der Waals surface area contributed by atoms with Crippen LogP contribution in [0.4, 0.5) is 0 Å². The molecule has 134 valence electrons. The zero-order chi connectivity index (χ0) is 18.0. The van der Waals surface area contributed by atoms with Crippen LogP contribution >= 0.6 is 0 Å². The number of methoxy groups -OCH3 is 1. The smallest absolute Gasteiger partial charge is 0.160 e. The molecule has 0 spiro atoms. The highest BCUT2D eigenvalue weighted by Crippen LogP contribution is 2.42. The molecular formula is C19H22O6. The van der Waals surface area contributed by atoms with Gasteiger partial charge in [0.15, 0.2) is 23.0 Å². The molecule has 6 heteroatoms. The van der Waals surface area contributed by atoms with Crippen LogP contribution in [0, 0.1) is 11.8 Å². The SMILES string of the molecule is COc1cc(C[C@@H]2CO[C@@H](c3ccc(O)c(O)c3)[C@H]2CO)ccc1O. The van der Waals surface area contributed by atoms with Crippen molar-refractivity contribution in [3.63, 3.8) is 0 Å². The first kappa shape index (κ1) is 17.4. The molecule has 3 rings (SSSR count). The molecule has 2 aromatic rings. The van der Waals surface area contributed by atoms with Gasteiger partial charge in [0.25, 0.3) is 0 Å². The maximum Gasteiger partial charge on any atom is 0.160 e. The fourth-order valence-corrected chi connectivity index (χ4v) is 3.39. The van der Waals surface area contributed by atoms with Gasteiger partial charge in [-0.3, -0.25) is 0 Å². The van der Waals surface area contributed by atoms with Crippen molar-refractivity contribution in [2.24, 2.45) is 11.8 Å². The number of hydrogen-bond acceptors (Lipinski definition) is 6. The van der Waals surface area contributed by atoms with E-state index < -0.39 is 0 Å². The third-order valence-electron chi connectivity index (χ3n) is 4.77. The summed E-state index contributed by atoms with van der Waals surface area (Å²) in [6.07, 6.45) is 0.322.